The normalized spacial score (nSPS) is 12.7. The molecule has 1 aromatic carbocycles. The quantitative estimate of drug-likeness (QED) is 0.719. The molecule has 0 bridgehead atoms. The number of hydrogen-bond acceptors (Lipinski definition) is 2. The lowest BCUT2D eigenvalue weighted by atomic mass is 10.0. The summed E-state index contributed by atoms with van der Waals surface area (Å²) in [5.74, 6) is 0. The molecule has 0 heterocycles. The highest BCUT2D eigenvalue weighted by Gasteiger charge is 2.01. The Bertz CT molecular complexity index is 281. The minimum Gasteiger partial charge on any atom is -0.377 e. The van der Waals surface area contributed by atoms with Gasteiger partial charge in [0.05, 0.1) is 6.61 Å². The summed E-state index contributed by atoms with van der Waals surface area (Å²) in [4.78, 5) is 0. The molecule has 16 heavy (non-hydrogen) atoms. The molecule has 1 rings (SSSR count). The Hall–Kier alpha value is -0.860. The summed E-state index contributed by atoms with van der Waals surface area (Å²) >= 11 is 0. The third-order valence-corrected chi connectivity index (χ3v) is 2.66. The van der Waals surface area contributed by atoms with Gasteiger partial charge in [-0.25, -0.2) is 0 Å². The van der Waals surface area contributed by atoms with Crippen LogP contribution in [0.25, 0.3) is 0 Å². The minimum atomic E-state index is 0.280. The second-order valence-electron chi connectivity index (χ2n) is 4.24. The van der Waals surface area contributed by atoms with E-state index in [-0.39, 0.29) is 6.04 Å². The van der Waals surface area contributed by atoms with Crippen LogP contribution in [0.5, 0.6) is 0 Å². The number of nitrogens with two attached hydrogens (primary N) is 1. The summed E-state index contributed by atoms with van der Waals surface area (Å²) in [7, 11) is 0. The van der Waals surface area contributed by atoms with Crippen LogP contribution in [0.15, 0.2) is 24.3 Å². The van der Waals surface area contributed by atoms with E-state index >= 15 is 0 Å². The Morgan fingerprint density at radius 3 is 2.31 bits per heavy atom. The van der Waals surface area contributed by atoms with Crippen LogP contribution >= 0.6 is 0 Å². The first kappa shape index (κ1) is 13.2. The van der Waals surface area contributed by atoms with E-state index in [1.807, 2.05) is 0 Å². The van der Waals surface area contributed by atoms with Crippen molar-refractivity contribution >= 4 is 0 Å². The monoisotopic (exact) mass is 221 g/mol. The van der Waals surface area contributed by atoms with Crippen molar-refractivity contribution < 1.29 is 4.74 Å². The molecule has 0 radical (unpaired) electrons. The molecule has 1 unspecified atom stereocenters. The van der Waals surface area contributed by atoms with E-state index < -0.39 is 0 Å². The van der Waals surface area contributed by atoms with Crippen LogP contribution in [0.4, 0.5) is 0 Å². The average Bonchev–Trinajstić information content (AvgIpc) is 2.31. The molecule has 2 N–H and O–H groups in total. The molecule has 0 aromatic heterocycles. The summed E-state index contributed by atoms with van der Waals surface area (Å²) in [5, 5.41) is 0. The Morgan fingerprint density at radius 1 is 1.12 bits per heavy atom. The van der Waals surface area contributed by atoms with Crippen molar-refractivity contribution in [2.24, 2.45) is 5.73 Å². The van der Waals surface area contributed by atoms with Gasteiger partial charge in [-0.1, -0.05) is 38.1 Å². The smallest absolute Gasteiger partial charge is 0.0716 e. The molecule has 0 aliphatic rings. The molecule has 0 aliphatic carbocycles. The Balaban J connectivity index is 2.41. The van der Waals surface area contributed by atoms with Gasteiger partial charge < -0.3 is 10.5 Å². The molecule has 0 aliphatic heterocycles. The van der Waals surface area contributed by atoms with Crippen molar-refractivity contribution in [2.45, 2.75) is 45.8 Å². The summed E-state index contributed by atoms with van der Waals surface area (Å²) in [5.41, 5.74) is 8.47. The molecule has 2 nitrogen and oxygen atoms in total. The van der Waals surface area contributed by atoms with Crippen LogP contribution in [0.3, 0.4) is 0 Å². The second-order valence-corrected chi connectivity index (χ2v) is 4.24. The SMILES string of the molecule is CCCOCc1ccc(CC(N)CC)cc1. The van der Waals surface area contributed by atoms with E-state index in [1.165, 1.54) is 11.1 Å². The van der Waals surface area contributed by atoms with Gasteiger partial charge in [0.25, 0.3) is 0 Å². The maximum absolute atomic E-state index is 5.92. The molecular formula is C14H23NO. The van der Waals surface area contributed by atoms with Crippen LogP contribution in [-0.4, -0.2) is 12.6 Å². The van der Waals surface area contributed by atoms with E-state index in [4.69, 9.17) is 10.5 Å². The van der Waals surface area contributed by atoms with Crippen LogP contribution in [0.2, 0.25) is 0 Å². The number of benzene rings is 1. The lowest BCUT2D eigenvalue weighted by molar-refractivity contribution is 0.121. The molecular weight excluding hydrogens is 198 g/mol. The van der Waals surface area contributed by atoms with Gasteiger partial charge in [-0.05, 0) is 30.4 Å². The number of ether oxygens (including phenoxy) is 1. The maximum atomic E-state index is 5.92. The van der Waals surface area contributed by atoms with Gasteiger partial charge >= 0.3 is 0 Å². The maximum Gasteiger partial charge on any atom is 0.0716 e. The first-order chi connectivity index (χ1) is 7.76. The van der Waals surface area contributed by atoms with Gasteiger partial charge in [0.2, 0.25) is 0 Å². The summed E-state index contributed by atoms with van der Waals surface area (Å²) in [6.07, 6.45) is 3.07. The third kappa shape index (κ3) is 4.77. The Morgan fingerprint density at radius 2 is 1.75 bits per heavy atom. The van der Waals surface area contributed by atoms with Gasteiger partial charge in [0.15, 0.2) is 0 Å². The fourth-order valence-electron chi connectivity index (χ4n) is 1.55. The van der Waals surface area contributed by atoms with Crippen LogP contribution in [-0.2, 0) is 17.8 Å². The van der Waals surface area contributed by atoms with E-state index in [0.29, 0.717) is 6.61 Å². The zero-order valence-corrected chi connectivity index (χ0v) is 10.4. The van der Waals surface area contributed by atoms with Crippen molar-refractivity contribution in [1.29, 1.82) is 0 Å². The van der Waals surface area contributed by atoms with E-state index in [2.05, 4.69) is 38.1 Å². The largest absolute Gasteiger partial charge is 0.377 e. The van der Waals surface area contributed by atoms with Gasteiger partial charge in [-0.15, -0.1) is 0 Å². The molecule has 0 saturated heterocycles. The highest BCUT2D eigenvalue weighted by atomic mass is 16.5. The zero-order valence-electron chi connectivity index (χ0n) is 10.4. The molecule has 90 valence electrons. The highest BCUT2D eigenvalue weighted by Crippen LogP contribution is 2.08. The first-order valence-corrected chi connectivity index (χ1v) is 6.17. The van der Waals surface area contributed by atoms with Crippen molar-refractivity contribution in [3.8, 4) is 0 Å². The predicted octanol–water partition coefficient (Wildman–Crippen LogP) is 2.89. The van der Waals surface area contributed by atoms with E-state index in [0.717, 1.165) is 25.9 Å². The van der Waals surface area contributed by atoms with Crippen LogP contribution < -0.4 is 5.73 Å². The minimum absolute atomic E-state index is 0.280. The molecule has 0 amide bonds. The number of rotatable bonds is 7. The molecule has 2 heteroatoms. The van der Waals surface area contributed by atoms with Gasteiger partial charge in [-0.2, -0.15) is 0 Å². The first-order valence-electron chi connectivity index (χ1n) is 6.17. The lowest BCUT2D eigenvalue weighted by Gasteiger charge is -2.09. The zero-order chi connectivity index (χ0) is 11.8. The Kier molecular flexibility index (Phi) is 6.12. The second kappa shape index (κ2) is 7.42. The highest BCUT2D eigenvalue weighted by molar-refractivity contribution is 5.22. The molecule has 0 saturated carbocycles. The molecule has 1 aromatic rings. The molecule has 0 fully saturated rings. The van der Waals surface area contributed by atoms with Crippen molar-refractivity contribution in [2.75, 3.05) is 6.61 Å². The van der Waals surface area contributed by atoms with Gasteiger partial charge in [-0.3, -0.25) is 0 Å². The Labute approximate surface area is 98.8 Å². The van der Waals surface area contributed by atoms with Crippen molar-refractivity contribution in [3.05, 3.63) is 35.4 Å². The number of hydrogen-bond donors (Lipinski definition) is 1. The van der Waals surface area contributed by atoms with Crippen molar-refractivity contribution in [1.82, 2.24) is 0 Å². The topological polar surface area (TPSA) is 35.2 Å². The molecule has 0 spiro atoms. The van der Waals surface area contributed by atoms with Gasteiger partial charge in [0.1, 0.15) is 0 Å². The fourth-order valence-corrected chi connectivity index (χ4v) is 1.55. The van der Waals surface area contributed by atoms with E-state index in [1.54, 1.807) is 0 Å². The van der Waals surface area contributed by atoms with Crippen LogP contribution in [0, 0.1) is 0 Å². The fraction of sp³-hybridized carbons (Fsp3) is 0.571. The summed E-state index contributed by atoms with van der Waals surface area (Å²) in [6.45, 7) is 5.79. The average molecular weight is 221 g/mol. The summed E-state index contributed by atoms with van der Waals surface area (Å²) < 4.78 is 5.49. The van der Waals surface area contributed by atoms with Gasteiger partial charge in [0, 0.05) is 12.6 Å². The standard InChI is InChI=1S/C14H23NO/c1-3-9-16-11-13-7-5-12(6-8-13)10-14(15)4-2/h5-8,14H,3-4,9-11,15H2,1-2H3. The third-order valence-electron chi connectivity index (χ3n) is 2.66. The summed E-state index contributed by atoms with van der Waals surface area (Å²) in [6, 6.07) is 8.85. The van der Waals surface area contributed by atoms with Crippen LogP contribution in [0.1, 0.15) is 37.8 Å². The van der Waals surface area contributed by atoms with Crippen molar-refractivity contribution in [3.63, 3.8) is 0 Å². The van der Waals surface area contributed by atoms with E-state index in [9.17, 15) is 0 Å². The molecule has 1 atom stereocenters. The lowest BCUT2D eigenvalue weighted by Crippen LogP contribution is -2.21. The predicted molar refractivity (Wildman–Crippen MR) is 68.4 cm³/mol.